The monoisotopic (exact) mass is 490 g/mol. The number of hydrogen-bond donors (Lipinski definition) is 3. The normalized spacial score (nSPS) is 29.6. The van der Waals surface area contributed by atoms with E-state index in [1.54, 1.807) is 21.0 Å². The molecule has 0 spiro atoms. The minimum Gasteiger partial charge on any atom is -0.477 e. The molecule has 2 saturated heterocycles. The van der Waals surface area contributed by atoms with Gasteiger partial charge in [0.15, 0.2) is 6.61 Å². The van der Waals surface area contributed by atoms with Gasteiger partial charge in [-0.05, 0) is 13.3 Å². The fourth-order valence-electron chi connectivity index (χ4n) is 4.63. The summed E-state index contributed by atoms with van der Waals surface area (Å²) >= 11 is 1.36. The van der Waals surface area contributed by atoms with Gasteiger partial charge in [0.05, 0.1) is 18.0 Å². The molecule has 0 saturated carbocycles. The molecule has 184 valence electrons. The number of aliphatic carboxylic acids is 1. The first-order valence-electron chi connectivity index (χ1n) is 10.6. The Balaban J connectivity index is 1.70. The molecule has 6 atom stereocenters. The van der Waals surface area contributed by atoms with Crippen molar-refractivity contribution in [3.8, 4) is 0 Å². The maximum Gasteiger partial charge on any atom is 0.407 e. The summed E-state index contributed by atoms with van der Waals surface area (Å²) in [5, 5.41) is 15.3. The number of amides is 3. The Labute approximate surface area is 194 Å². The van der Waals surface area contributed by atoms with Gasteiger partial charge in [-0.3, -0.25) is 9.59 Å². The maximum absolute atomic E-state index is 12.8. The first-order valence-corrected chi connectivity index (χ1v) is 11.4. The van der Waals surface area contributed by atoms with E-state index < -0.39 is 49.0 Å². The Bertz CT molecular complexity index is 869. The number of thioether (sulfide) groups is 1. The highest BCUT2D eigenvalue weighted by molar-refractivity contribution is 8.03. The van der Waals surface area contributed by atoms with Gasteiger partial charge in [0.25, 0.3) is 6.43 Å². The number of likely N-dealkylation sites (N-methyl/N-ethyl adjacent to an activating group) is 1. The Morgan fingerprint density at radius 1 is 1.36 bits per heavy atom. The van der Waals surface area contributed by atoms with Crippen LogP contribution < -0.4 is 10.6 Å². The minimum absolute atomic E-state index is 0.0437. The van der Waals surface area contributed by atoms with Gasteiger partial charge in [0, 0.05) is 42.8 Å². The Morgan fingerprint density at radius 2 is 2.03 bits per heavy atom. The zero-order valence-corrected chi connectivity index (χ0v) is 19.5. The number of carboxylic acid groups (broad SMARTS) is 1. The second-order valence-electron chi connectivity index (χ2n) is 8.62. The lowest BCUT2D eigenvalue weighted by Gasteiger charge is -2.47. The number of ether oxygens (including phenoxy) is 1. The fraction of sp³-hybridized carbons (Fsp3) is 0.700. The van der Waals surface area contributed by atoms with Gasteiger partial charge in [-0.2, -0.15) is 0 Å². The van der Waals surface area contributed by atoms with Crippen molar-refractivity contribution < 1.29 is 37.8 Å². The smallest absolute Gasteiger partial charge is 0.407 e. The van der Waals surface area contributed by atoms with Gasteiger partial charge in [-0.15, -0.1) is 11.8 Å². The highest BCUT2D eigenvalue weighted by Gasteiger charge is 2.60. The van der Waals surface area contributed by atoms with Crippen molar-refractivity contribution in [1.82, 2.24) is 20.4 Å². The Morgan fingerprint density at radius 3 is 2.61 bits per heavy atom. The third-order valence-electron chi connectivity index (χ3n) is 6.14. The van der Waals surface area contributed by atoms with Crippen molar-refractivity contribution in [3.05, 3.63) is 10.6 Å². The van der Waals surface area contributed by atoms with Crippen molar-refractivity contribution in [2.75, 3.05) is 27.2 Å². The van der Waals surface area contributed by atoms with Gasteiger partial charge < -0.3 is 30.3 Å². The zero-order chi connectivity index (χ0) is 24.6. The van der Waals surface area contributed by atoms with E-state index in [4.69, 9.17) is 0 Å². The molecule has 0 aromatic carbocycles. The molecule has 3 heterocycles. The summed E-state index contributed by atoms with van der Waals surface area (Å²) in [5.41, 5.74) is -0.0754. The van der Waals surface area contributed by atoms with Crippen molar-refractivity contribution in [2.45, 2.75) is 50.1 Å². The van der Waals surface area contributed by atoms with E-state index >= 15 is 0 Å². The van der Waals surface area contributed by atoms with Gasteiger partial charge >= 0.3 is 12.1 Å². The van der Waals surface area contributed by atoms with Crippen LogP contribution in [0.4, 0.5) is 13.6 Å². The molecular formula is C20H28F2N4O6S. The number of nitrogens with zero attached hydrogens (tertiary/aromatic N) is 2. The van der Waals surface area contributed by atoms with Gasteiger partial charge in [-0.1, -0.05) is 6.92 Å². The Kier molecular flexibility index (Phi) is 7.52. The molecule has 0 radical (unpaired) electrons. The van der Waals surface area contributed by atoms with E-state index in [0.29, 0.717) is 17.9 Å². The second kappa shape index (κ2) is 9.84. The van der Waals surface area contributed by atoms with E-state index in [-0.39, 0.29) is 28.8 Å². The number of fused-ring (bicyclic) bond motifs is 1. The number of alkyl carbamates (subject to hydrolysis) is 1. The summed E-state index contributed by atoms with van der Waals surface area (Å²) in [5.74, 6) is -2.75. The Hall–Kier alpha value is -2.41. The standard InChI is InChI=1S/C20H28F2N4O6S/c1-8-14-13(9(2)24-20(31)32-7-12(21)22)18(28)26(14)15(19(29)30)16(8)33-10-5-11(23-6-10)17(27)25(3)4/h8-14,23H,5-7H2,1-4H3,(H,24,31)(H,29,30)/t8-,9-,10+,11+,13-,14-/m1/s1. The SMILES string of the molecule is C[C@@H](NC(=O)OCC(F)F)[C@H]1C(=O)N2C(C(=O)O)=C(S[C@@H]3CN[C@H](C(=O)N(C)C)C3)[C@H](C)[C@H]12. The van der Waals surface area contributed by atoms with E-state index in [0.717, 1.165) is 0 Å². The molecule has 3 aliphatic heterocycles. The van der Waals surface area contributed by atoms with Gasteiger partial charge in [0.2, 0.25) is 11.8 Å². The predicted molar refractivity (Wildman–Crippen MR) is 114 cm³/mol. The molecule has 0 aromatic heterocycles. The average molecular weight is 491 g/mol. The quantitative estimate of drug-likeness (QED) is 0.424. The van der Waals surface area contributed by atoms with E-state index in [9.17, 15) is 33.1 Å². The van der Waals surface area contributed by atoms with Crippen LogP contribution in [0.5, 0.6) is 0 Å². The van der Waals surface area contributed by atoms with Crippen LogP contribution in [0, 0.1) is 11.8 Å². The number of nitrogens with one attached hydrogen (secondary N) is 2. The van der Waals surface area contributed by atoms with Gasteiger partial charge in [0.1, 0.15) is 5.70 Å². The average Bonchev–Trinajstić information content (AvgIpc) is 3.28. The number of alkyl halides is 2. The molecule has 3 rings (SSSR count). The van der Waals surface area contributed by atoms with E-state index in [2.05, 4.69) is 15.4 Å². The highest BCUT2D eigenvalue weighted by atomic mass is 32.2. The molecule has 0 aliphatic carbocycles. The largest absolute Gasteiger partial charge is 0.477 e. The summed E-state index contributed by atoms with van der Waals surface area (Å²) in [7, 11) is 3.34. The third-order valence-corrected chi connectivity index (χ3v) is 7.65. The van der Waals surface area contributed by atoms with Crippen LogP contribution in [-0.4, -0.2) is 95.8 Å². The number of carbonyl (C=O) groups is 4. The van der Waals surface area contributed by atoms with Crippen molar-refractivity contribution >= 4 is 35.6 Å². The summed E-state index contributed by atoms with van der Waals surface area (Å²) in [4.78, 5) is 52.1. The van der Waals surface area contributed by atoms with Crippen LogP contribution in [0.3, 0.4) is 0 Å². The van der Waals surface area contributed by atoms with E-state index in [1.165, 1.54) is 21.6 Å². The summed E-state index contributed by atoms with van der Waals surface area (Å²) in [6.07, 6.45) is -3.34. The first kappa shape index (κ1) is 25.2. The van der Waals surface area contributed by atoms with Crippen molar-refractivity contribution in [1.29, 1.82) is 0 Å². The molecule has 33 heavy (non-hydrogen) atoms. The number of hydrogen-bond acceptors (Lipinski definition) is 7. The van der Waals surface area contributed by atoms with Crippen molar-refractivity contribution in [2.24, 2.45) is 11.8 Å². The molecule has 10 nitrogen and oxygen atoms in total. The van der Waals surface area contributed by atoms with Crippen LogP contribution in [0.1, 0.15) is 20.3 Å². The highest BCUT2D eigenvalue weighted by Crippen LogP contribution is 2.51. The lowest BCUT2D eigenvalue weighted by atomic mass is 9.78. The summed E-state index contributed by atoms with van der Waals surface area (Å²) in [6, 6.07) is -1.57. The third kappa shape index (κ3) is 4.93. The molecule has 3 aliphatic rings. The molecule has 0 unspecified atom stereocenters. The molecular weight excluding hydrogens is 462 g/mol. The lowest BCUT2D eigenvalue weighted by molar-refractivity contribution is -0.158. The van der Waals surface area contributed by atoms with Crippen molar-refractivity contribution in [3.63, 3.8) is 0 Å². The predicted octanol–water partition coefficient (Wildman–Crippen LogP) is 0.691. The number of carbonyl (C=O) groups excluding carboxylic acids is 3. The van der Waals surface area contributed by atoms with Crippen LogP contribution in [0.2, 0.25) is 0 Å². The molecule has 0 aromatic rings. The number of halogens is 2. The van der Waals surface area contributed by atoms with Crippen LogP contribution in [0.15, 0.2) is 10.6 Å². The first-order chi connectivity index (χ1) is 15.4. The van der Waals surface area contributed by atoms with Crippen LogP contribution >= 0.6 is 11.8 Å². The topological polar surface area (TPSA) is 128 Å². The molecule has 2 fully saturated rings. The number of β-lactam (4-membered cyclic amide) rings is 1. The molecule has 0 bridgehead atoms. The molecule has 3 N–H and O–H groups in total. The second-order valence-corrected chi connectivity index (χ2v) is 9.97. The molecule has 13 heteroatoms. The molecule has 3 amide bonds. The minimum atomic E-state index is -2.80. The lowest BCUT2D eigenvalue weighted by Crippen LogP contribution is -2.66. The van der Waals surface area contributed by atoms with Crippen LogP contribution in [-0.2, 0) is 19.1 Å². The van der Waals surface area contributed by atoms with Gasteiger partial charge in [-0.25, -0.2) is 18.4 Å². The fourth-order valence-corrected chi connectivity index (χ4v) is 6.10. The van der Waals surface area contributed by atoms with Crippen LogP contribution in [0.25, 0.3) is 0 Å². The summed E-state index contributed by atoms with van der Waals surface area (Å²) < 4.78 is 28.9. The number of rotatable bonds is 8. The van der Waals surface area contributed by atoms with E-state index in [1.807, 2.05) is 6.92 Å². The number of carboxylic acids is 1. The maximum atomic E-state index is 12.8. The summed E-state index contributed by atoms with van der Waals surface area (Å²) in [6.45, 7) is 2.84. The zero-order valence-electron chi connectivity index (χ0n) is 18.7.